The van der Waals surface area contributed by atoms with Crippen molar-refractivity contribution < 1.29 is 78.5 Å². The molecule has 8 aliphatic rings. The molecule has 0 aromatic heterocycles. The molecule has 16 nitrogen and oxygen atoms in total. The maximum absolute atomic E-state index is 12.4. The van der Waals surface area contributed by atoms with Gasteiger partial charge in [0.05, 0.1) is 48.8 Å². The van der Waals surface area contributed by atoms with Crippen molar-refractivity contribution in [3.8, 4) is 0 Å². The number of esters is 2. The number of fused-ring (bicyclic) bond motifs is 2. The predicted octanol–water partition coefficient (Wildman–Crippen LogP) is 1.87. The van der Waals surface area contributed by atoms with Crippen molar-refractivity contribution >= 4 is 11.9 Å². The molecule has 0 aromatic carbocycles. The van der Waals surface area contributed by atoms with Crippen molar-refractivity contribution in [3.05, 3.63) is 0 Å². The van der Waals surface area contributed by atoms with Crippen molar-refractivity contribution in [1.82, 2.24) is 0 Å². The van der Waals surface area contributed by atoms with Crippen molar-refractivity contribution in [2.24, 2.45) is 44.8 Å². The lowest BCUT2D eigenvalue weighted by molar-refractivity contribution is -0.339. The van der Waals surface area contributed by atoms with Crippen molar-refractivity contribution in [1.29, 1.82) is 0 Å². The van der Waals surface area contributed by atoms with E-state index in [0.29, 0.717) is 25.7 Å². The number of hydrogen-bond donors (Lipinski definition) is 7. The molecule has 16 heteroatoms. The van der Waals surface area contributed by atoms with E-state index in [2.05, 4.69) is 34.6 Å². The van der Waals surface area contributed by atoms with Gasteiger partial charge in [0.2, 0.25) is 0 Å². The van der Waals surface area contributed by atoms with Crippen molar-refractivity contribution in [2.45, 2.75) is 211 Å². The Bertz CT molecular complexity index is 1680. The van der Waals surface area contributed by atoms with Crippen LogP contribution in [0.4, 0.5) is 0 Å². The number of aliphatic hydroxyl groups is 7. The lowest BCUT2D eigenvalue weighted by atomic mass is 9.41. The fourth-order valence-corrected chi connectivity index (χ4v) is 15.5. The lowest BCUT2D eigenvalue weighted by Crippen LogP contribution is -2.65. The monoisotopic (exact) mass is 868 g/mol. The van der Waals surface area contributed by atoms with Gasteiger partial charge in [0, 0.05) is 19.8 Å². The molecule has 5 aliphatic carbocycles. The van der Waals surface area contributed by atoms with Crippen molar-refractivity contribution in [2.75, 3.05) is 13.2 Å². The van der Waals surface area contributed by atoms with Gasteiger partial charge in [0.25, 0.3) is 0 Å². The third-order valence-electron chi connectivity index (χ3n) is 18.2. The Kier molecular flexibility index (Phi) is 11.5. The molecule has 348 valence electrons. The van der Waals surface area contributed by atoms with Gasteiger partial charge in [0.1, 0.15) is 30.5 Å². The average Bonchev–Trinajstić information content (AvgIpc) is 3.52. The molecule has 0 unspecified atom stereocenters. The van der Waals surface area contributed by atoms with Crippen LogP contribution in [0.2, 0.25) is 0 Å². The van der Waals surface area contributed by atoms with Gasteiger partial charge in [0.15, 0.2) is 24.8 Å². The summed E-state index contributed by atoms with van der Waals surface area (Å²) in [6, 6.07) is 0. The number of rotatable bonds is 9. The highest BCUT2D eigenvalue weighted by Crippen LogP contribution is 2.89. The Hall–Kier alpha value is -1.54. The first-order chi connectivity index (χ1) is 28.3. The van der Waals surface area contributed by atoms with Gasteiger partial charge < -0.3 is 68.9 Å². The van der Waals surface area contributed by atoms with E-state index in [0.717, 1.165) is 32.1 Å². The van der Waals surface area contributed by atoms with Gasteiger partial charge in [-0.1, -0.05) is 27.7 Å². The molecule has 8 fully saturated rings. The molecule has 0 aromatic rings. The Morgan fingerprint density at radius 3 is 2.05 bits per heavy atom. The van der Waals surface area contributed by atoms with Gasteiger partial charge in [-0.05, 0) is 117 Å². The van der Waals surface area contributed by atoms with Gasteiger partial charge in [-0.15, -0.1) is 0 Å². The summed E-state index contributed by atoms with van der Waals surface area (Å²) in [6.45, 7) is 16.1. The van der Waals surface area contributed by atoms with Crippen LogP contribution in [-0.4, -0.2) is 152 Å². The zero-order valence-electron chi connectivity index (χ0n) is 37.3. The second kappa shape index (κ2) is 15.3. The summed E-state index contributed by atoms with van der Waals surface area (Å²) in [6.07, 6.45) is -7.80. The largest absolute Gasteiger partial charge is 0.455 e. The third kappa shape index (κ3) is 6.89. The molecule has 2 spiro atoms. The van der Waals surface area contributed by atoms with Crippen LogP contribution in [0.5, 0.6) is 0 Å². The van der Waals surface area contributed by atoms with Gasteiger partial charge in [-0.3, -0.25) is 9.59 Å². The summed E-state index contributed by atoms with van der Waals surface area (Å²) in [5, 5.41) is 77.1. The Morgan fingerprint density at radius 2 is 1.43 bits per heavy atom. The van der Waals surface area contributed by atoms with Crippen LogP contribution in [0, 0.1) is 44.8 Å². The van der Waals surface area contributed by atoms with E-state index in [4.69, 9.17) is 33.2 Å². The molecule has 21 atom stereocenters. The van der Waals surface area contributed by atoms with Crippen LogP contribution < -0.4 is 0 Å². The van der Waals surface area contributed by atoms with Crippen LogP contribution >= 0.6 is 0 Å². The molecule has 0 radical (unpaired) electrons. The van der Waals surface area contributed by atoms with Gasteiger partial charge in [-0.2, -0.15) is 0 Å². The number of carbonyl (C=O) groups excluding carboxylic acids is 2. The van der Waals surface area contributed by atoms with Crippen LogP contribution in [0.3, 0.4) is 0 Å². The zero-order chi connectivity index (χ0) is 44.6. The fourth-order valence-electron chi connectivity index (χ4n) is 15.5. The molecule has 7 N–H and O–H groups in total. The second-order valence-corrected chi connectivity index (χ2v) is 22.2. The van der Waals surface area contributed by atoms with E-state index < -0.39 is 109 Å². The molecular formula is C45H72O16. The van der Waals surface area contributed by atoms with Gasteiger partial charge in [-0.25, -0.2) is 0 Å². The first-order valence-corrected chi connectivity index (χ1v) is 22.6. The van der Waals surface area contributed by atoms with Gasteiger partial charge >= 0.3 is 11.9 Å². The van der Waals surface area contributed by atoms with Crippen LogP contribution in [0.25, 0.3) is 0 Å². The van der Waals surface area contributed by atoms with Crippen LogP contribution in [0.15, 0.2) is 0 Å². The number of aliphatic hydroxyl groups excluding tert-OH is 6. The maximum Gasteiger partial charge on any atom is 0.303 e. The first kappa shape index (κ1) is 46.0. The van der Waals surface area contributed by atoms with E-state index in [9.17, 15) is 45.3 Å². The van der Waals surface area contributed by atoms with E-state index in [-0.39, 0.29) is 52.1 Å². The summed E-state index contributed by atoms with van der Waals surface area (Å²) in [7, 11) is 0. The first-order valence-electron chi connectivity index (χ1n) is 22.6. The highest BCUT2D eigenvalue weighted by molar-refractivity contribution is 5.67. The lowest BCUT2D eigenvalue weighted by Gasteiger charge is -2.65. The summed E-state index contributed by atoms with van der Waals surface area (Å²) in [4.78, 5) is 24.5. The topological polar surface area (TPSA) is 240 Å². The molecule has 5 saturated carbocycles. The maximum atomic E-state index is 12.4. The highest BCUT2D eigenvalue weighted by atomic mass is 16.7. The summed E-state index contributed by atoms with van der Waals surface area (Å²) in [5.41, 5.74) is -3.46. The molecule has 61 heavy (non-hydrogen) atoms. The smallest absolute Gasteiger partial charge is 0.303 e. The molecule has 0 amide bonds. The van der Waals surface area contributed by atoms with E-state index in [1.807, 2.05) is 0 Å². The molecule has 3 aliphatic heterocycles. The second-order valence-electron chi connectivity index (χ2n) is 22.2. The average molecular weight is 869 g/mol. The summed E-state index contributed by atoms with van der Waals surface area (Å²) >= 11 is 0. The highest BCUT2D eigenvalue weighted by Gasteiger charge is 2.85. The Labute approximate surface area is 358 Å². The van der Waals surface area contributed by atoms with Crippen LogP contribution in [-0.2, 0) is 42.7 Å². The molecular weight excluding hydrogens is 796 g/mol. The summed E-state index contributed by atoms with van der Waals surface area (Å²) < 4.78 is 43.6. The van der Waals surface area contributed by atoms with E-state index >= 15 is 0 Å². The minimum atomic E-state index is -1.63. The normalized spacial score (nSPS) is 53.8. The quantitative estimate of drug-likeness (QED) is 0.129. The number of hydrogen-bond acceptors (Lipinski definition) is 16. The number of carbonyl (C=O) groups is 2. The molecule has 3 heterocycles. The summed E-state index contributed by atoms with van der Waals surface area (Å²) in [5.74, 6) is -1.67. The van der Waals surface area contributed by atoms with Crippen molar-refractivity contribution in [3.63, 3.8) is 0 Å². The standard InChI is InChI=1S/C45H72O16/c1-21(47)56-33-24(50)19-55-38(34(33)57-22(2)48)60-28-11-13-45-20-44(45)15-14-41(7)35(43(9)12-10-29(61-43)40(5,6)54)23(49)17-42(41,8)27(44)16-25(36(45)39(28,3)4)58-37-32(53)31(52)30(51)26(18-46)59-37/h23-38,46,49-54H,10-20H2,1-9H3/t23-,24+,25-,26-,27-,28+,29-,30-,31+,32-,33-,34+,35+,36+,37-,38-,41+,42-,43-,44-,45+/m0/s1. The number of ether oxygens (including phenoxy) is 7. The molecule has 8 rings (SSSR count). The Morgan fingerprint density at radius 1 is 0.754 bits per heavy atom. The Balaban J connectivity index is 1.15. The van der Waals surface area contributed by atoms with E-state index in [1.54, 1.807) is 13.8 Å². The zero-order valence-corrected chi connectivity index (χ0v) is 37.3. The minimum absolute atomic E-state index is 0.0638. The van der Waals surface area contributed by atoms with E-state index in [1.165, 1.54) is 13.8 Å². The molecule has 0 bridgehead atoms. The third-order valence-corrected chi connectivity index (χ3v) is 18.2. The minimum Gasteiger partial charge on any atom is -0.455 e. The van der Waals surface area contributed by atoms with Crippen LogP contribution in [0.1, 0.15) is 120 Å². The predicted molar refractivity (Wildman–Crippen MR) is 213 cm³/mol. The SMILES string of the molecule is CC(=O)O[C@@H]1[C@@H](OC(C)=O)[C@H](O[C@@H]2CC[C@]34C[C@]35CC[C@]3(C)[C@H]([C@]6(C)CC[C@@H](C(C)(C)O)O6)[C@@H](O)C[C@@]3(C)[C@@H]5C[C@H](O[C@H]3O[C@@H](CO)[C@H](O)[C@@H](O)[C@@H]3O)[C@@H]4C2(C)C)OC[C@H]1O. The fraction of sp³-hybridized carbons (Fsp3) is 0.956. The molecule has 3 saturated heterocycles.